The predicted octanol–water partition coefficient (Wildman–Crippen LogP) is 2.01. The molecule has 0 bridgehead atoms. The number of nitrogens with one attached hydrogen (secondary N) is 2. The van der Waals surface area contributed by atoms with E-state index in [0.29, 0.717) is 5.71 Å². The minimum Gasteiger partial charge on any atom is -0.351 e. The Labute approximate surface area is 134 Å². The maximum absolute atomic E-state index is 12.0. The summed E-state index contributed by atoms with van der Waals surface area (Å²) in [6.07, 6.45) is 0.0223. The first kappa shape index (κ1) is 18.3. The van der Waals surface area contributed by atoms with Crippen molar-refractivity contribution in [3.05, 3.63) is 39.9 Å². The van der Waals surface area contributed by atoms with Crippen LogP contribution in [0.3, 0.4) is 0 Å². The number of rotatable bonds is 5. The maximum Gasteiger partial charge on any atom is 0.282 e. The molecule has 0 fully saturated rings. The molecule has 0 aliphatic rings. The number of carbonyl (C=O) groups is 2. The predicted molar refractivity (Wildman–Crippen MR) is 86.2 cm³/mol. The van der Waals surface area contributed by atoms with Gasteiger partial charge in [-0.1, -0.05) is 12.1 Å². The van der Waals surface area contributed by atoms with Gasteiger partial charge in [0.1, 0.15) is 5.56 Å². The number of amides is 2. The van der Waals surface area contributed by atoms with Gasteiger partial charge >= 0.3 is 0 Å². The molecule has 1 aromatic rings. The quantitative estimate of drug-likeness (QED) is 0.490. The lowest BCUT2D eigenvalue weighted by Gasteiger charge is -2.20. The van der Waals surface area contributed by atoms with Gasteiger partial charge in [-0.3, -0.25) is 19.7 Å². The van der Waals surface area contributed by atoms with Crippen LogP contribution in [0.4, 0.5) is 5.69 Å². The first-order valence-electron chi connectivity index (χ1n) is 6.98. The second-order valence-electron chi connectivity index (χ2n) is 6.04. The van der Waals surface area contributed by atoms with Crippen molar-refractivity contribution in [3.63, 3.8) is 0 Å². The lowest BCUT2D eigenvalue weighted by atomic mass is 10.1. The molecule has 2 N–H and O–H groups in total. The number of hydrogen-bond donors (Lipinski definition) is 2. The first-order valence-corrected chi connectivity index (χ1v) is 6.98. The Balaban J connectivity index is 2.72. The summed E-state index contributed by atoms with van der Waals surface area (Å²) in [5, 5.41) is 17.5. The first-order chi connectivity index (χ1) is 10.6. The SMILES string of the molecule is C/C(CC(=O)NC(C)(C)C)=N/NC(=O)c1ccccc1[N+](=O)[O-]. The van der Waals surface area contributed by atoms with Gasteiger partial charge in [-0.15, -0.1) is 0 Å². The van der Waals surface area contributed by atoms with Crippen LogP contribution in [-0.4, -0.2) is 28.0 Å². The average molecular weight is 320 g/mol. The van der Waals surface area contributed by atoms with Crippen LogP contribution in [0.15, 0.2) is 29.4 Å². The van der Waals surface area contributed by atoms with Gasteiger partial charge in [0.05, 0.1) is 11.3 Å². The molecule has 8 nitrogen and oxygen atoms in total. The second-order valence-corrected chi connectivity index (χ2v) is 6.04. The zero-order valence-electron chi connectivity index (χ0n) is 13.5. The summed E-state index contributed by atoms with van der Waals surface area (Å²) < 4.78 is 0. The van der Waals surface area contributed by atoms with Crippen LogP contribution in [0.25, 0.3) is 0 Å². The number of hydrogen-bond acceptors (Lipinski definition) is 5. The molecule has 0 aromatic heterocycles. The van der Waals surface area contributed by atoms with Gasteiger partial charge in [-0.05, 0) is 33.8 Å². The van der Waals surface area contributed by atoms with E-state index in [1.807, 2.05) is 20.8 Å². The van der Waals surface area contributed by atoms with E-state index in [0.717, 1.165) is 0 Å². The van der Waals surface area contributed by atoms with Crippen LogP contribution in [0.2, 0.25) is 0 Å². The van der Waals surface area contributed by atoms with Crippen LogP contribution >= 0.6 is 0 Å². The molecule has 0 aliphatic carbocycles. The Morgan fingerprint density at radius 2 is 1.87 bits per heavy atom. The van der Waals surface area contributed by atoms with Crippen LogP contribution < -0.4 is 10.7 Å². The van der Waals surface area contributed by atoms with Crippen LogP contribution in [0.5, 0.6) is 0 Å². The van der Waals surface area contributed by atoms with Crippen LogP contribution in [0, 0.1) is 10.1 Å². The molecule has 1 aromatic carbocycles. The van der Waals surface area contributed by atoms with Gasteiger partial charge in [0.2, 0.25) is 5.91 Å². The van der Waals surface area contributed by atoms with Crippen molar-refractivity contribution in [2.75, 3.05) is 0 Å². The lowest BCUT2D eigenvalue weighted by molar-refractivity contribution is -0.385. The molecule has 0 aliphatic heterocycles. The molecule has 0 radical (unpaired) electrons. The number of carbonyl (C=O) groups excluding carboxylic acids is 2. The Morgan fingerprint density at radius 1 is 1.26 bits per heavy atom. The summed E-state index contributed by atoms with van der Waals surface area (Å²) in [6, 6.07) is 5.57. The van der Waals surface area contributed by atoms with Crippen molar-refractivity contribution < 1.29 is 14.5 Å². The summed E-state index contributed by atoms with van der Waals surface area (Å²) in [4.78, 5) is 33.9. The van der Waals surface area contributed by atoms with E-state index in [2.05, 4.69) is 15.8 Å². The molecule has 0 saturated carbocycles. The third kappa shape index (κ3) is 6.25. The van der Waals surface area contributed by atoms with Gasteiger partial charge in [0.25, 0.3) is 11.6 Å². The molecule has 1 rings (SSSR count). The van der Waals surface area contributed by atoms with Gasteiger partial charge < -0.3 is 5.32 Å². The fourth-order valence-corrected chi connectivity index (χ4v) is 1.77. The highest BCUT2D eigenvalue weighted by Crippen LogP contribution is 2.17. The van der Waals surface area contributed by atoms with E-state index < -0.39 is 10.8 Å². The number of nitrogens with zero attached hydrogens (tertiary/aromatic N) is 2. The molecule has 124 valence electrons. The van der Waals surface area contributed by atoms with E-state index in [4.69, 9.17) is 0 Å². The summed E-state index contributed by atoms with van der Waals surface area (Å²) in [5.41, 5.74) is 1.87. The lowest BCUT2D eigenvalue weighted by Crippen LogP contribution is -2.41. The summed E-state index contributed by atoms with van der Waals surface area (Å²) in [7, 11) is 0. The van der Waals surface area contributed by atoms with Crippen LogP contribution in [0.1, 0.15) is 44.5 Å². The van der Waals surface area contributed by atoms with Crippen molar-refractivity contribution in [1.29, 1.82) is 0 Å². The number of nitro groups is 1. The Morgan fingerprint density at radius 3 is 2.43 bits per heavy atom. The molecule has 0 spiro atoms. The minimum absolute atomic E-state index is 0.0223. The molecule has 0 heterocycles. The van der Waals surface area contributed by atoms with E-state index in [9.17, 15) is 19.7 Å². The average Bonchev–Trinajstić information content (AvgIpc) is 2.42. The molecule has 0 atom stereocenters. The molecule has 2 amide bonds. The summed E-state index contributed by atoms with van der Waals surface area (Å²) in [5.74, 6) is -0.924. The number of hydrazone groups is 1. The van der Waals surface area contributed by atoms with E-state index in [1.54, 1.807) is 6.92 Å². The zero-order chi connectivity index (χ0) is 17.6. The smallest absolute Gasteiger partial charge is 0.282 e. The molecule has 0 saturated heterocycles. The van der Waals surface area contributed by atoms with Gasteiger partial charge in [0.15, 0.2) is 0 Å². The third-order valence-corrected chi connectivity index (χ3v) is 2.62. The van der Waals surface area contributed by atoms with Crippen LogP contribution in [-0.2, 0) is 4.79 Å². The fraction of sp³-hybridized carbons (Fsp3) is 0.400. The molecule has 8 heteroatoms. The maximum atomic E-state index is 12.0. The second kappa shape index (κ2) is 7.48. The van der Waals surface area contributed by atoms with Crippen molar-refractivity contribution in [2.45, 2.75) is 39.7 Å². The van der Waals surface area contributed by atoms with Crippen molar-refractivity contribution in [2.24, 2.45) is 5.10 Å². The Kier molecular flexibility index (Phi) is 5.94. The van der Waals surface area contributed by atoms with Crippen molar-refractivity contribution >= 4 is 23.2 Å². The van der Waals surface area contributed by atoms with E-state index in [1.165, 1.54) is 24.3 Å². The van der Waals surface area contributed by atoms with Gasteiger partial charge in [0, 0.05) is 17.3 Å². The molecular formula is C15H20N4O4. The summed E-state index contributed by atoms with van der Waals surface area (Å²) >= 11 is 0. The standard InChI is InChI=1S/C15H20N4O4/c1-10(9-13(20)16-15(2,3)4)17-18-14(21)11-7-5-6-8-12(11)19(22)23/h5-8H,9H2,1-4H3,(H,16,20)(H,18,21)/b17-10-. The van der Waals surface area contributed by atoms with Crippen molar-refractivity contribution in [1.82, 2.24) is 10.7 Å². The number of benzene rings is 1. The largest absolute Gasteiger partial charge is 0.351 e. The highest BCUT2D eigenvalue weighted by atomic mass is 16.6. The molecule has 23 heavy (non-hydrogen) atoms. The van der Waals surface area contributed by atoms with E-state index >= 15 is 0 Å². The number of para-hydroxylation sites is 1. The van der Waals surface area contributed by atoms with E-state index in [-0.39, 0.29) is 29.1 Å². The van der Waals surface area contributed by atoms with Gasteiger partial charge in [-0.2, -0.15) is 5.10 Å². The molecule has 0 unspecified atom stereocenters. The topological polar surface area (TPSA) is 114 Å². The Hall–Kier alpha value is -2.77. The Bertz CT molecular complexity index is 647. The highest BCUT2D eigenvalue weighted by molar-refractivity contribution is 6.02. The molecular weight excluding hydrogens is 300 g/mol. The zero-order valence-corrected chi connectivity index (χ0v) is 13.5. The number of nitro benzene ring substituents is 1. The van der Waals surface area contributed by atoms with Gasteiger partial charge in [-0.25, -0.2) is 5.43 Å². The highest BCUT2D eigenvalue weighted by Gasteiger charge is 2.19. The summed E-state index contributed by atoms with van der Waals surface area (Å²) in [6.45, 7) is 7.15. The van der Waals surface area contributed by atoms with Crippen molar-refractivity contribution in [3.8, 4) is 0 Å². The fourth-order valence-electron chi connectivity index (χ4n) is 1.77. The minimum atomic E-state index is -0.701. The normalized spacial score (nSPS) is 11.7. The monoisotopic (exact) mass is 320 g/mol. The third-order valence-electron chi connectivity index (χ3n) is 2.62.